The summed E-state index contributed by atoms with van der Waals surface area (Å²) in [6.07, 6.45) is 2.08. The Bertz CT molecular complexity index is 1070. The summed E-state index contributed by atoms with van der Waals surface area (Å²) in [6.45, 7) is 2.48. The second kappa shape index (κ2) is 9.04. The van der Waals surface area contributed by atoms with Crippen LogP contribution in [0.5, 0.6) is 5.88 Å². The van der Waals surface area contributed by atoms with Crippen LogP contribution in [0.2, 0.25) is 0 Å². The molecule has 2 N–H and O–H groups in total. The molecule has 1 saturated carbocycles. The maximum absolute atomic E-state index is 13.0. The molecule has 1 heterocycles. The van der Waals surface area contributed by atoms with Gasteiger partial charge >= 0.3 is 5.97 Å². The van der Waals surface area contributed by atoms with E-state index in [0.717, 1.165) is 29.7 Å². The highest BCUT2D eigenvalue weighted by molar-refractivity contribution is 5.93. The molecule has 7 heteroatoms. The first-order chi connectivity index (χ1) is 15.0. The van der Waals surface area contributed by atoms with Gasteiger partial charge in [0.1, 0.15) is 0 Å². The van der Waals surface area contributed by atoms with Crippen LogP contribution in [0.4, 0.5) is 0 Å². The average Bonchev–Trinajstić information content (AvgIpc) is 3.49. The van der Waals surface area contributed by atoms with Crippen LogP contribution in [0, 0.1) is 12.8 Å². The van der Waals surface area contributed by atoms with Crippen molar-refractivity contribution in [3.8, 4) is 11.6 Å². The van der Waals surface area contributed by atoms with E-state index in [1.165, 1.54) is 0 Å². The number of carbonyl (C=O) groups excluding carboxylic acids is 1. The molecule has 1 aliphatic carbocycles. The van der Waals surface area contributed by atoms with Crippen LogP contribution in [0.25, 0.3) is 5.69 Å². The molecule has 4 rings (SSSR count). The Balaban J connectivity index is 1.60. The molecular weight excluding hydrogens is 394 g/mol. The number of hydrogen-bond donors (Lipinski definition) is 2. The highest BCUT2D eigenvalue weighted by Crippen LogP contribution is 2.30. The number of aryl methyl sites for hydroxylation is 1. The van der Waals surface area contributed by atoms with Gasteiger partial charge in [-0.05, 0) is 48.9 Å². The molecule has 0 spiro atoms. The van der Waals surface area contributed by atoms with Crippen molar-refractivity contribution in [3.63, 3.8) is 0 Å². The second-order valence-electron chi connectivity index (χ2n) is 7.85. The van der Waals surface area contributed by atoms with E-state index in [0.29, 0.717) is 18.4 Å². The molecule has 0 saturated heterocycles. The van der Waals surface area contributed by atoms with E-state index in [1.54, 1.807) is 10.7 Å². The minimum atomic E-state index is -0.989. The predicted octanol–water partition coefficient (Wildman–Crippen LogP) is 3.92. The van der Waals surface area contributed by atoms with Crippen LogP contribution in [0.1, 0.15) is 46.9 Å². The Labute approximate surface area is 180 Å². The molecule has 0 unspecified atom stereocenters. The number of carboxylic acids is 1. The van der Waals surface area contributed by atoms with Crippen molar-refractivity contribution in [2.24, 2.45) is 5.92 Å². The zero-order valence-electron chi connectivity index (χ0n) is 17.3. The summed E-state index contributed by atoms with van der Waals surface area (Å²) in [6, 6.07) is 17.8. The Hall–Kier alpha value is -3.61. The lowest BCUT2D eigenvalue weighted by molar-refractivity contribution is -0.137. The Morgan fingerprint density at radius 3 is 2.55 bits per heavy atom. The van der Waals surface area contributed by atoms with E-state index in [2.05, 4.69) is 10.4 Å². The van der Waals surface area contributed by atoms with Crippen LogP contribution < -0.4 is 10.1 Å². The summed E-state index contributed by atoms with van der Waals surface area (Å²) in [5.74, 6) is -0.386. The number of para-hydroxylation sites is 1. The van der Waals surface area contributed by atoms with Crippen LogP contribution in [-0.2, 0) is 4.79 Å². The molecule has 1 atom stereocenters. The van der Waals surface area contributed by atoms with E-state index in [4.69, 9.17) is 4.74 Å². The van der Waals surface area contributed by atoms with Crippen molar-refractivity contribution in [3.05, 3.63) is 77.5 Å². The van der Waals surface area contributed by atoms with Crippen molar-refractivity contribution < 1.29 is 19.4 Å². The van der Waals surface area contributed by atoms with E-state index in [9.17, 15) is 14.7 Å². The minimum absolute atomic E-state index is 0.179. The Kier molecular flexibility index (Phi) is 6.02. The second-order valence-corrected chi connectivity index (χ2v) is 7.85. The topological polar surface area (TPSA) is 93.5 Å². The van der Waals surface area contributed by atoms with Gasteiger partial charge in [0.15, 0.2) is 5.69 Å². The molecule has 3 aromatic rings. The standard InChI is InChI=1S/C24H25N3O4/c1-16-7-5-6-10-19(16)20(14-23(28)29)25-24(30)21-13-22(31-15-17-11-12-17)27(26-21)18-8-3-2-4-9-18/h2-10,13,17,20H,11-12,14-15H2,1H3,(H,25,30)(H,28,29)/t20-/m0/s1. The van der Waals surface area contributed by atoms with Crippen molar-refractivity contribution in [2.75, 3.05) is 6.61 Å². The fourth-order valence-corrected chi connectivity index (χ4v) is 3.44. The van der Waals surface area contributed by atoms with Crippen molar-refractivity contribution >= 4 is 11.9 Å². The molecule has 7 nitrogen and oxygen atoms in total. The minimum Gasteiger partial charge on any atom is -0.481 e. The third kappa shape index (κ3) is 5.12. The number of benzene rings is 2. The zero-order valence-corrected chi connectivity index (χ0v) is 17.3. The lowest BCUT2D eigenvalue weighted by Gasteiger charge is -2.18. The average molecular weight is 419 g/mol. The van der Waals surface area contributed by atoms with Gasteiger partial charge in [0, 0.05) is 6.07 Å². The Morgan fingerprint density at radius 1 is 1.16 bits per heavy atom. The number of carbonyl (C=O) groups is 2. The van der Waals surface area contributed by atoms with Crippen molar-refractivity contribution in [2.45, 2.75) is 32.2 Å². The lowest BCUT2D eigenvalue weighted by atomic mass is 9.98. The van der Waals surface area contributed by atoms with Crippen LogP contribution in [0.3, 0.4) is 0 Å². The maximum Gasteiger partial charge on any atom is 0.305 e. The number of aromatic nitrogens is 2. The SMILES string of the molecule is Cc1ccccc1[C@H](CC(=O)O)NC(=O)c1cc(OCC2CC2)n(-c2ccccc2)n1. The van der Waals surface area contributed by atoms with Gasteiger partial charge < -0.3 is 15.2 Å². The van der Waals surface area contributed by atoms with Gasteiger partial charge in [-0.25, -0.2) is 4.68 Å². The van der Waals surface area contributed by atoms with Crippen molar-refractivity contribution in [1.82, 2.24) is 15.1 Å². The van der Waals surface area contributed by atoms with E-state index in [-0.39, 0.29) is 12.1 Å². The fraction of sp³-hybridized carbons (Fsp3) is 0.292. The molecule has 1 fully saturated rings. The van der Waals surface area contributed by atoms with Crippen molar-refractivity contribution in [1.29, 1.82) is 0 Å². The predicted molar refractivity (Wildman–Crippen MR) is 115 cm³/mol. The number of nitrogens with one attached hydrogen (secondary N) is 1. The van der Waals surface area contributed by atoms with E-state index >= 15 is 0 Å². The smallest absolute Gasteiger partial charge is 0.305 e. The number of nitrogens with zero attached hydrogens (tertiary/aromatic N) is 2. The third-order valence-electron chi connectivity index (χ3n) is 5.32. The summed E-state index contributed by atoms with van der Waals surface area (Å²) in [5, 5.41) is 16.7. The molecule has 0 radical (unpaired) electrons. The van der Waals surface area contributed by atoms with E-state index < -0.39 is 17.9 Å². The van der Waals surface area contributed by atoms with Gasteiger partial charge in [-0.2, -0.15) is 5.10 Å². The fourth-order valence-electron chi connectivity index (χ4n) is 3.44. The number of carboxylic acid groups (broad SMARTS) is 1. The van der Waals surface area contributed by atoms with Gasteiger partial charge in [-0.3, -0.25) is 9.59 Å². The van der Waals surface area contributed by atoms with Gasteiger partial charge in [0.05, 0.1) is 24.8 Å². The summed E-state index contributed by atoms with van der Waals surface area (Å²) < 4.78 is 7.55. The van der Waals surface area contributed by atoms with Gasteiger partial charge in [-0.15, -0.1) is 0 Å². The number of hydrogen-bond acceptors (Lipinski definition) is 4. The molecule has 2 aromatic carbocycles. The molecule has 160 valence electrons. The normalized spacial score (nSPS) is 14.1. The number of amides is 1. The first-order valence-corrected chi connectivity index (χ1v) is 10.4. The number of aliphatic carboxylic acids is 1. The lowest BCUT2D eigenvalue weighted by Crippen LogP contribution is -2.31. The molecule has 1 aromatic heterocycles. The Morgan fingerprint density at radius 2 is 1.87 bits per heavy atom. The highest BCUT2D eigenvalue weighted by Gasteiger charge is 2.25. The molecular formula is C24H25N3O4. The first-order valence-electron chi connectivity index (χ1n) is 10.4. The molecule has 31 heavy (non-hydrogen) atoms. The summed E-state index contributed by atoms with van der Waals surface area (Å²) >= 11 is 0. The molecule has 0 bridgehead atoms. The largest absolute Gasteiger partial charge is 0.481 e. The number of ether oxygens (including phenoxy) is 1. The van der Waals surface area contributed by atoms with Gasteiger partial charge in [0.25, 0.3) is 5.91 Å². The number of rotatable bonds is 9. The summed E-state index contributed by atoms with van der Waals surface area (Å²) in [4.78, 5) is 24.5. The highest BCUT2D eigenvalue weighted by atomic mass is 16.5. The summed E-state index contributed by atoms with van der Waals surface area (Å²) in [5.41, 5.74) is 2.65. The first kappa shape index (κ1) is 20.7. The third-order valence-corrected chi connectivity index (χ3v) is 5.32. The van der Waals surface area contributed by atoms with Crippen LogP contribution in [-0.4, -0.2) is 33.4 Å². The summed E-state index contributed by atoms with van der Waals surface area (Å²) in [7, 11) is 0. The zero-order chi connectivity index (χ0) is 21.8. The molecule has 1 aliphatic rings. The van der Waals surface area contributed by atoms with Crippen LogP contribution >= 0.6 is 0 Å². The quantitative estimate of drug-likeness (QED) is 0.548. The molecule has 0 aliphatic heterocycles. The monoisotopic (exact) mass is 419 g/mol. The van der Waals surface area contributed by atoms with E-state index in [1.807, 2.05) is 61.5 Å². The van der Waals surface area contributed by atoms with Crippen LogP contribution in [0.15, 0.2) is 60.7 Å². The van der Waals surface area contributed by atoms with Gasteiger partial charge in [-0.1, -0.05) is 42.5 Å². The van der Waals surface area contributed by atoms with Gasteiger partial charge in [0.2, 0.25) is 5.88 Å². The molecule has 1 amide bonds. The maximum atomic E-state index is 13.0.